The number of fused-ring (bicyclic) bond motifs is 1. The monoisotopic (exact) mass is 345 g/mol. The highest BCUT2D eigenvalue weighted by atomic mass is 16.6. The number of carbonyl (C=O) groups excluding carboxylic acids is 2. The van der Waals surface area contributed by atoms with Gasteiger partial charge in [0.15, 0.2) is 0 Å². The third kappa shape index (κ3) is 3.00. The van der Waals surface area contributed by atoms with Crippen molar-refractivity contribution in [2.24, 2.45) is 0 Å². The number of nitro benzene ring substituents is 1. The first kappa shape index (κ1) is 17.1. The van der Waals surface area contributed by atoms with Gasteiger partial charge >= 0.3 is 5.97 Å². The van der Waals surface area contributed by atoms with E-state index in [0.717, 1.165) is 5.56 Å². The van der Waals surface area contributed by atoms with Crippen LogP contribution in [-0.4, -0.2) is 40.0 Å². The van der Waals surface area contributed by atoms with Crippen molar-refractivity contribution in [1.82, 2.24) is 10.0 Å². The number of esters is 1. The molecule has 0 saturated carbocycles. The van der Waals surface area contributed by atoms with Crippen molar-refractivity contribution in [3.8, 4) is 0 Å². The number of hydrogen-bond acceptors (Lipinski definition) is 6. The number of ether oxygens (including phenoxy) is 1. The summed E-state index contributed by atoms with van der Waals surface area (Å²) in [6.45, 7) is 4.22. The standard InChI is InChI=1S/C17H19N3O5/c1-3-25-17(22)11(2)14-10-15(18-9-8-16(21)19(14)18)12-4-6-13(7-5-12)20(23)24/h4-7,15H,3,8-10H2,1-2H3/b14-11-. The van der Waals surface area contributed by atoms with Gasteiger partial charge in [0.05, 0.1) is 28.8 Å². The lowest BCUT2D eigenvalue weighted by Gasteiger charge is -2.25. The Morgan fingerprint density at radius 2 is 2.04 bits per heavy atom. The molecule has 0 aromatic heterocycles. The van der Waals surface area contributed by atoms with Gasteiger partial charge in [-0.2, -0.15) is 0 Å². The number of amides is 1. The molecule has 0 bridgehead atoms. The predicted molar refractivity (Wildman–Crippen MR) is 88.0 cm³/mol. The molecular formula is C17H19N3O5. The van der Waals surface area contributed by atoms with Crippen LogP contribution in [0.25, 0.3) is 0 Å². The van der Waals surface area contributed by atoms with Crippen molar-refractivity contribution < 1.29 is 19.2 Å². The molecule has 2 fully saturated rings. The molecule has 132 valence electrons. The van der Waals surface area contributed by atoms with E-state index in [0.29, 0.717) is 30.7 Å². The van der Waals surface area contributed by atoms with Gasteiger partial charge in [-0.1, -0.05) is 12.1 Å². The van der Waals surface area contributed by atoms with Crippen LogP contribution in [0.4, 0.5) is 5.69 Å². The highest BCUT2D eigenvalue weighted by molar-refractivity contribution is 5.90. The molecule has 0 radical (unpaired) electrons. The number of hydrazine groups is 1. The zero-order valence-electron chi connectivity index (χ0n) is 14.1. The third-order valence-electron chi connectivity index (χ3n) is 4.55. The van der Waals surface area contributed by atoms with Crippen LogP contribution in [0.2, 0.25) is 0 Å². The molecule has 25 heavy (non-hydrogen) atoms. The Labute approximate surface area is 144 Å². The number of nitrogens with zero attached hydrogens (tertiary/aromatic N) is 3. The fourth-order valence-electron chi connectivity index (χ4n) is 3.31. The van der Waals surface area contributed by atoms with Crippen LogP contribution in [0.15, 0.2) is 35.5 Å². The van der Waals surface area contributed by atoms with E-state index < -0.39 is 10.9 Å². The molecule has 2 heterocycles. The lowest BCUT2D eigenvalue weighted by Crippen LogP contribution is -2.33. The van der Waals surface area contributed by atoms with E-state index in [-0.39, 0.29) is 24.2 Å². The lowest BCUT2D eigenvalue weighted by atomic mass is 10.0. The molecular weight excluding hydrogens is 326 g/mol. The number of benzene rings is 1. The molecule has 1 amide bonds. The van der Waals surface area contributed by atoms with E-state index >= 15 is 0 Å². The summed E-state index contributed by atoms with van der Waals surface area (Å²) in [6.07, 6.45) is 0.858. The summed E-state index contributed by atoms with van der Waals surface area (Å²) in [7, 11) is 0. The average Bonchev–Trinajstić information content (AvgIpc) is 3.15. The molecule has 0 N–H and O–H groups in total. The number of hydrogen-bond donors (Lipinski definition) is 0. The highest BCUT2D eigenvalue weighted by Crippen LogP contribution is 2.43. The molecule has 1 aromatic carbocycles. The van der Waals surface area contributed by atoms with E-state index in [2.05, 4.69) is 0 Å². The first-order valence-electron chi connectivity index (χ1n) is 8.14. The van der Waals surface area contributed by atoms with Gasteiger partial charge in [0.1, 0.15) is 0 Å². The van der Waals surface area contributed by atoms with Gasteiger partial charge in [-0.25, -0.2) is 14.8 Å². The molecule has 8 nitrogen and oxygen atoms in total. The smallest absolute Gasteiger partial charge is 0.335 e. The van der Waals surface area contributed by atoms with Crippen molar-refractivity contribution in [2.75, 3.05) is 13.2 Å². The average molecular weight is 345 g/mol. The molecule has 2 saturated heterocycles. The van der Waals surface area contributed by atoms with E-state index in [1.165, 1.54) is 12.1 Å². The second kappa shape index (κ2) is 6.64. The van der Waals surface area contributed by atoms with Gasteiger partial charge in [-0.15, -0.1) is 0 Å². The summed E-state index contributed by atoms with van der Waals surface area (Å²) >= 11 is 0. The molecule has 1 unspecified atom stereocenters. The summed E-state index contributed by atoms with van der Waals surface area (Å²) in [5.41, 5.74) is 1.96. The maximum absolute atomic E-state index is 12.3. The van der Waals surface area contributed by atoms with Crippen LogP contribution in [-0.2, 0) is 14.3 Å². The second-order valence-electron chi connectivity index (χ2n) is 5.98. The number of nitro groups is 1. The minimum atomic E-state index is -0.444. The number of non-ortho nitro benzene ring substituents is 1. The molecule has 1 aromatic rings. The van der Waals surface area contributed by atoms with Crippen molar-refractivity contribution in [3.05, 3.63) is 51.2 Å². The minimum absolute atomic E-state index is 0.0228. The predicted octanol–water partition coefficient (Wildman–Crippen LogP) is 2.33. The maximum atomic E-state index is 12.3. The van der Waals surface area contributed by atoms with Gasteiger partial charge in [0, 0.05) is 31.5 Å². The normalized spacial score (nSPS) is 22.1. The van der Waals surface area contributed by atoms with Gasteiger partial charge in [0.2, 0.25) is 5.91 Å². The van der Waals surface area contributed by atoms with Gasteiger partial charge in [0.25, 0.3) is 5.69 Å². The topological polar surface area (TPSA) is 93.0 Å². The van der Waals surface area contributed by atoms with Crippen molar-refractivity contribution >= 4 is 17.6 Å². The maximum Gasteiger partial charge on any atom is 0.335 e. The van der Waals surface area contributed by atoms with Crippen LogP contribution in [0.3, 0.4) is 0 Å². The fraction of sp³-hybridized carbons (Fsp3) is 0.412. The molecule has 0 spiro atoms. The zero-order chi connectivity index (χ0) is 18.1. The first-order chi connectivity index (χ1) is 11.9. The van der Waals surface area contributed by atoms with Crippen LogP contribution in [0.5, 0.6) is 0 Å². The van der Waals surface area contributed by atoms with Crippen molar-refractivity contribution in [2.45, 2.75) is 32.7 Å². The Balaban J connectivity index is 1.95. The SMILES string of the molecule is CCOC(=O)/C(C)=C1/CC(c2ccc([N+](=O)[O-])cc2)N2CCC(=O)N12. The highest BCUT2D eigenvalue weighted by Gasteiger charge is 2.45. The molecule has 3 rings (SSSR count). The van der Waals surface area contributed by atoms with Gasteiger partial charge < -0.3 is 4.74 Å². The van der Waals surface area contributed by atoms with Crippen LogP contribution < -0.4 is 0 Å². The summed E-state index contributed by atoms with van der Waals surface area (Å²) in [4.78, 5) is 34.7. The van der Waals surface area contributed by atoms with E-state index in [4.69, 9.17) is 4.74 Å². The van der Waals surface area contributed by atoms with E-state index in [1.54, 1.807) is 31.0 Å². The second-order valence-corrected chi connectivity index (χ2v) is 5.98. The summed E-state index contributed by atoms with van der Waals surface area (Å²) < 4.78 is 5.05. The van der Waals surface area contributed by atoms with Gasteiger partial charge in [-0.3, -0.25) is 14.9 Å². The number of carbonyl (C=O) groups is 2. The van der Waals surface area contributed by atoms with Crippen LogP contribution >= 0.6 is 0 Å². The quantitative estimate of drug-likeness (QED) is 0.360. The molecule has 1 atom stereocenters. The summed E-state index contributed by atoms with van der Waals surface area (Å²) in [6, 6.07) is 6.18. The fourth-order valence-corrected chi connectivity index (χ4v) is 3.31. The van der Waals surface area contributed by atoms with Crippen molar-refractivity contribution in [3.63, 3.8) is 0 Å². The van der Waals surface area contributed by atoms with Crippen LogP contribution in [0.1, 0.15) is 38.3 Å². The Morgan fingerprint density at radius 3 is 2.64 bits per heavy atom. The first-order valence-corrected chi connectivity index (χ1v) is 8.14. The Bertz CT molecular complexity index is 756. The molecule has 8 heteroatoms. The zero-order valence-corrected chi connectivity index (χ0v) is 14.1. The molecule has 0 aliphatic carbocycles. The molecule has 2 aliphatic heterocycles. The summed E-state index contributed by atoms with van der Waals surface area (Å²) in [5, 5.41) is 14.3. The van der Waals surface area contributed by atoms with E-state index in [9.17, 15) is 19.7 Å². The Hall–Kier alpha value is -2.74. The summed E-state index contributed by atoms with van der Waals surface area (Å²) in [5.74, 6) is -0.482. The van der Waals surface area contributed by atoms with Gasteiger partial charge in [-0.05, 0) is 19.4 Å². The van der Waals surface area contributed by atoms with Crippen LogP contribution in [0, 0.1) is 10.1 Å². The largest absolute Gasteiger partial charge is 0.463 e. The van der Waals surface area contributed by atoms with E-state index in [1.807, 2.05) is 5.01 Å². The van der Waals surface area contributed by atoms with Crippen molar-refractivity contribution in [1.29, 1.82) is 0 Å². The number of rotatable bonds is 4. The Kier molecular flexibility index (Phi) is 4.54. The third-order valence-corrected chi connectivity index (χ3v) is 4.55. The lowest BCUT2D eigenvalue weighted by molar-refractivity contribution is -0.384. The minimum Gasteiger partial charge on any atom is -0.463 e. The molecule has 2 aliphatic rings. The Morgan fingerprint density at radius 1 is 1.36 bits per heavy atom.